The molecule has 1 amide bonds. The molecule has 98 valence electrons. The number of amides is 1. The number of rotatable bonds is 2. The molecule has 0 spiro atoms. The van der Waals surface area contributed by atoms with Gasteiger partial charge in [0.2, 0.25) is 5.91 Å². The molecule has 1 aliphatic heterocycles. The van der Waals surface area contributed by atoms with Gasteiger partial charge < -0.3 is 5.32 Å². The number of anilines is 1. The predicted molar refractivity (Wildman–Crippen MR) is 70.3 cm³/mol. The first-order valence-corrected chi connectivity index (χ1v) is 6.35. The number of nitrogens with one attached hydrogen (secondary N) is 1. The average molecular weight is 248 g/mol. The zero-order valence-corrected chi connectivity index (χ0v) is 11.2. The summed E-state index contributed by atoms with van der Waals surface area (Å²) < 4.78 is 0. The number of nitrogens with zero attached hydrogens (tertiary/aromatic N) is 3. The van der Waals surface area contributed by atoms with Crippen LogP contribution in [0.1, 0.15) is 33.1 Å². The lowest BCUT2D eigenvalue weighted by molar-refractivity contribution is -0.121. The third-order valence-corrected chi connectivity index (χ3v) is 3.54. The number of hydrogen-bond donors (Lipinski definition) is 1. The van der Waals surface area contributed by atoms with Crippen molar-refractivity contribution >= 4 is 11.7 Å². The molecule has 1 fully saturated rings. The molecule has 2 heterocycles. The Bertz CT molecular complexity index is 418. The highest BCUT2D eigenvalue weighted by atomic mass is 16.2. The zero-order valence-electron chi connectivity index (χ0n) is 11.2. The number of aromatic nitrogens is 2. The van der Waals surface area contributed by atoms with Crippen molar-refractivity contribution in [3.63, 3.8) is 0 Å². The van der Waals surface area contributed by atoms with Crippen LogP contribution in [-0.4, -0.2) is 34.7 Å². The Kier molecular flexibility index (Phi) is 3.61. The van der Waals surface area contributed by atoms with Gasteiger partial charge in [-0.15, -0.1) is 5.10 Å². The Morgan fingerprint density at radius 1 is 1.50 bits per heavy atom. The summed E-state index contributed by atoms with van der Waals surface area (Å²) >= 11 is 0. The van der Waals surface area contributed by atoms with Crippen LogP contribution in [0.4, 0.5) is 5.82 Å². The first-order chi connectivity index (χ1) is 8.56. The van der Waals surface area contributed by atoms with E-state index in [0.717, 1.165) is 19.3 Å². The Labute approximate surface area is 108 Å². The third-order valence-electron chi connectivity index (χ3n) is 3.54. The minimum absolute atomic E-state index is 0.0838. The zero-order chi connectivity index (χ0) is 13.2. The van der Waals surface area contributed by atoms with E-state index in [-0.39, 0.29) is 17.5 Å². The molecule has 1 aromatic heterocycles. The van der Waals surface area contributed by atoms with Crippen molar-refractivity contribution in [2.45, 2.75) is 44.7 Å². The van der Waals surface area contributed by atoms with Crippen LogP contribution in [-0.2, 0) is 4.79 Å². The molecule has 1 saturated heterocycles. The van der Waals surface area contributed by atoms with Crippen LogP contribution >= 0.6 is 0 Å². The second-order valence-electron chi connectivity index (χ2n) is 5.30. The van der Waals surface area contributed by atoms with Gasteiger partial charge in [-0.25, -0.2) is 0 Å². The molecule has 0 aromatic carbocycles. The van der Waals surface area contributed by atoms with Crippen molar-refractivity contribution in [1.82, 2.24) is 15.5 Å². The van der Waals surface area contributed by atoms with Gasteiger partial charge in [-0.2, -0.15) is 5.10 Å². The first kappa shape index (κ1) is 13.0. The van der Waals surface area contributed by atoms with Crippen LogP contribution < -0.4 is 10.2 Å². The van der Waals surface area contributed by atoms with Crippen molar-refractivity contribution < 1.29 is 4.79 Å². The Morgan fingerprint density at radius 2 is 2.28 bits per heavy atom. The quantitative estimate of drug-likeness (QED) is 0.858. The van der Waals surface area contributed by atoms with Crippen molar-refractivity contribution in [1.29, 1.82) is 0 Å². The molecule has 0 saturated carbocycles. The van der Waals surface area contributed by atoms with Crippen molar-refractivity contribution in [2.75, 3.05) is 11.9 Å². The molecule has 5 nitrogen and oxygen atoms in total. The largest absolute Gasteiger partial charge is 0.309 e. The van der Waals surface area contributed by atoms with E-state index < -0.39 is 0 Å². The highest BCUT2D eigenvalue weighted by Gasteiger charge is 2.38. The summed E-state index contributed by atoms with van der Waals surface area (Å²) in [5.74, 6) is 0.718. The van der Waals surface area contributed by atoms with E-state index in [0.29, 0.717) is 5.82 Å². The summed E-state index contributed by atoms with van der Waals surface area (Å²) in [7, 11) is 1.83. The van der Waals surface area contributed by atoms with Crippen LogP contribution in [0, 0.1) is 0 Å². The molecule has 5 heteroatoms. The molecule has 1 atom stereocenters. The topological polar surface area (TPSA) is 58.1 Å². The minimum Gasteiger partial charge on any atom is -0.309 e. The summed E-state index contributed by atoms with van der Waals surface area (Å²) in [5.41, 5.74) is -0.223. The van der Waals surface area contributed by atoms with E-state index in [4.69, 9.17) is 0 Å². The van der Waals surface area contributed by atoms with E-state index in [1.54, 1.807) is 11.1 Å². The maximum atomic E-state index is 12.6. The molecule has 1 aliphatic rings. The second kappa shape index (κ2) is 5.02. The van der Waals surface area contributed by atoms with Gasteiger partial charge in [-0.1, -0.05) is 0 Å². The summed E-state index contributed by atoms with van der Waals surface area (Å²) in [6, 6.07) is 3.52. The molecular weight excluding hydrogens is 228 g/mol. The molecule has 18 heavy (non-hydrogen) atoms. The fourth-order valence-electron chi connectivity index (χ4n) is 2.53. The highest BCUT2D eigenvalue weighted by Crippen LogP contribution is 2.30. The molecular formula is C13H20N4O. The van der Waals surface area contributed by atoms with Crippen LogP contribution in [0.2, 0.25) is 0 Å². The SMILES string of the molecule is CNC1CCCC(C)(C)N(c2cccnn2)C1=O. The monoisotopic (exact) mass is 248 g/mol. The molecule has 1 unspecified atom stereocenters. The van der Waals surface area contributed by atoms with E-state index in [1.807, 2.05) is 19.2 Å². The summed E-state index contributed by atoms with van der Waals surface area (Å²) in [6.07, 6.45) is 4.48. The second-order valence-corrected chi connectivity index (χ2v) is 5.30. The third kappa shape index (κ3) is 2.36. The van der Waals surface area contributed by atoms with Crippen LogP contribution in [0.5, 0.6) is 0 Å². The number of hydrogen-bond acceptors (Lipinski definition) is 4. The Morgan fingerprint density at radius 3 is 2.89 bits per heavy atom. The summed E-state index contributed by atoms with van der Waals surface area (Å²) in [6.45, 7) is 4.16. The van der Waals surface area contributed by atoms with E-state index in [9.17, 15) is 4.79 Å². The van der Waals surface area contributed by atoms with Crippen molar-refractivity contribution in [2.24, 2.45) is 0 Å². The lowest BCUT2D eigenvalue weighted by atomic mass is 9.97. The number of likely N-dealkylation sites (N-methyl/N-ethyl adjacent to an activating group) is 1. The van der Waals surface area contributed by atoms with E-state index >= 15 is 0 Å². The maximum absolute atomic E-state index is 12.6. The van der Waals surface area contributed by atoms with E-state index in [2.05, 4.69) is 29.4 Å². The Hall–Kier alpha value is -1.49. The summed E-state index contributed by atoms with van der Waals surface area (Å²) in [5, 5.41) is 11.1. The van der Waals surface area contributed by atoms with Gasteiger partial charge in [0.25, 0.3) is 0 Å². The molecule has 1 N–H and O–H groups in total. The normalized spacial score (nSPS) is 23.8. The van der Waals surface area contributed by atoms with E-state index in [1.165, 1.54) is 0 Å². The molecule has 0 aliphatic carbocycles. The van der Waals surface area contributed by atoms with Gasteiger partial charge in [0.05, 0.1) is 6.04 Å². The molecule has 1 aromatic rings. The smallest absolute Gasteiger partial charge is 0.245 e. The minimum atomic E-state index is -0.223. The number of carbonyl (C=O) groups is 1. The maximum Gasteiger partial charge on any atom is 0.245 e. The highest BCUT2D eigenvalue weighted by molar-refractivity contribution is 5.97. The standard InChI is InChI=1S/C13H20N4O/c1-13(2)8-4-6-10(14-3)12(18)17(13)11-7-5-9-15-16-11/h5,7,9-10,14H,4,6,8H2,1-3H3. The van der Waals surface area contributed by atoms with Gasteiger partial charge in [-0.3, -0.25) is 9.69 Å². The van der Waals surface area contributed by atoms with Gasteiger partial charge in [0.1, 0.15) is 0 Å². The predicted octanol–water partition coefficient (Wildman–Crippen LogP) is 1.36. The van der Waals surface area contributed by atoms with Crippen molar-refractivity contribution in [3.8, 4) is 0 Å². The lowest BCUT2D eigenvalue weighted by Gasteiger charge is -2.36. The fourth-order valence-corrected chi connectivity index (χ4v) is 2.53. The number of carbonyl (C=O) groups excluding carboxylic acids is 1. The lowest BCUT2D eigenvalue weighted by Crippen LogP contribution is -2.53. The van der Waals surface area contributed by atoms with Crippen LogP contribution in [0.3, 0.4) is 0 Å². The van der Waals surface area contributed by atoms with Crippen molar-refractivity contribution in [3.05, 3.63) is 18.3 Å². The first-order valence-electron chi connectivity index (χ1n) is 6.35. The molecule has 0 radical (unpaired) electrons. The van der Waals surface area contributed by atoms with Gasteiger partial charge in [-0.05, 0) is 52.3 Å². The Balaban J connectivity index is 2.40. The fraction of sp³-hybridized carbons (Fsp3) is 0.615. The molecule has 0 bridgehead atoms. The summed E-state index contributed by atoms with van der Waals surface area (Å²) in [4.78, 5) is 14.4. The molecule has 2 rings (SSSR count). The van der Waals surface area contributed by atoms with Gasteiger partial charge in [0, 0.05) is 11.7 Å². The van der Waals surface area contributed by atoms with Crippen LogP contribution in [0.25, 0.3) is 0 Å². The van der Waals surface area contributed by atoms with Gasteiger partial charge >= 0.3 is 0 Å². The average Bonchev–Trinajstić information content (AvgIpc) is 2.46. The van der Waals surface area contributed by atoms with Gasteiger partial charge in [0.15, 0.2) is 5.82 Å². The van der Waals surface area contributed by atoms with Crippen LogP contribution in [0.15, 0.2) is 18.3 Å².